The van der Waals surface area contributed by atoms with E-state index in [-0.39, 0.29) is 12.5 Å². The van der Waals surface area contributed by atoms with Crippen LogP contribution in [-0.2, 0) is 17.9 Å². The van der Waals surface area contributed by atoms with Crippen LogP contribution in [0.25, 0.3) is 0 Å². The minimum Gasteiger partial charge on any atom is -0.493 e. The van der Waals surface area contributed by atoms with Crippen molar-refractivity contribution in [2.75, 3.05) is 7.11 Å². The molecule has 0 radical (unpaired) electrons. The second-order valence-electron chi connectivity index (χ2n) is 7.46. The Hall–Kier alpha value is -3.13. The van der Waals surface area contributed by atoms with E-state index in [1.54, 1.807) is 11.8 Å². The molecule has 1 aromatic heterocycles. The van der Waals surface area contributed by atoms with Crippen molar-refractivity contribution in [3.8, 4) is 11.5 Å². The van der Waals surface area contributed by atoms with E-state index in [1.165, 1.54) is 5.56 Å². The zero-order valence-corrected chi connectivity index (χ0v) is 20.5. The number of nitrogens with one attached hydrogen (secondary N) is 1. The van der Waals surface area contributed by atoms with Gasteiger partial charge in [-0.3, -0.25) is 9.48 Å². The molecular formula is C24H27BrN4O3. The average molecular weight is 499 g/mol. The first kappa shape index (κ1) is 23.5. The molecule has 1 N–H and O–H groups in total. The average Bonchev–Trinajstić information content (AvgIpc) is 3.03. The van der Waals surface area contributed by atoms with E-state index in [9.17, 15) is 4.79 Å². The number of benzene rings is 2. The van der Waals surface area contributed by atoms with Crippen molar-refractivity contribution < 1.29 is 14.3 Å². The van der Waals surface area contributed by atoms with Crippen LogP contribution in [0.3, 0.4) is 0 Å². The minimum atomic E-state index is -0.257. The topological polar surface area (TPSA) is 77.7 Å². The maximum Gasteiger partial charge on any atom is 0.261 e. The number of hydrazone groups is 1. The van der Waals surface area contributed by atoms with Gasteiger partial charge in [0.15, 0.2) is 11.5 Å². The van der Waals surface area contributed by atoms with Crippen molar-refractivity contribution in [2.45, 2.75) is 40.8 Å². The van der Waals surface area contributed by atoms with Crippen molar-refractivity contribution >= 4 is 27.5 Å². The first-order valence-electron chi connectivity index (χ1n) is 10.2. The van der Waals surface area contributed by atoms with Crippen LogP contribution in [0.4, 0.5) is 0 Å². The molecule has 0 aliphatic carbocycles. The smallest absolute Gasteiger partial charge is 0.261 e. The standard InChI is InChI=1S/C24H27BrN4O3/c1-15-8-6-7-9-20(15)14-32-21-11-10-19(12-22(21)31-5)16(2)26-27-23(30)13-29-18(4)24(25)17(3)28-29/h6-12H,13-14H2,1-5H3,(H,27,30). The number of hydrogen-bond donors (Lipinski definition) is 1. The summed E-state index contributed by atoms with van der Waals surface area (Å²) in [5.41, 5.74) is 8.09. The summed E-state index contributed by atoms with van der Waals surface area (Å²) in [6, 6.07) is 13.7. The van der Waals surface area contributed by atoms with Gasteiger partial charge in [0.1, 0.15) is 13.2 Å². The summed E-state index contributed by atoms with van der Waals surface area (Å²) in [5, 5.41) is 8.57. The van der Waals surface area contributed by atoms with Crippen molar-refractivity contribution in [3.63, 3.8) is 0 Å². The van der Waals surface area contributed by atoms with Gasteiger partial charge in [0.25, 0.3) is 5.91 Å². The third-order valence-electron chi connectivity index (χ3n) is 5.16. The second-order valence-corrected chi connectivity index (χ2v) is 8.25. The summed E-state index contributed by atoms with van der Waals surface area (Å²) in [7, 11) is 1.60. The fourth-order valence-electron chi connectivity index (χ4n) is 3.15. The van der Waals surface area contributed by atoms with Crippen LogP contribution in [0.2, 0.25) is 0 Å². The van der Waals surface area contributed by atoms with Gasteiger partial charge < -0.3 is 9.47 Å². The Morgan fingerprint density at radius 2 is 1.91 bits per heavy atom. The highest BCUT2D eigenvalue weighted by atomic mass is 79.9. The summed E-state index contributed by atoms with van der Waals surface area (Å²) in [6.07, 6.45) is 0. The quantitative estimate of drug-likeness (QED) is 0.360. The zero-order chi connectivity index (χ0) is 23.3. The number of ether oxygens (including phenoxy) is 2. The molecule has 0 atom stereocenters. The van der Waals surface area contributed by atoms with Crippen LogP contribution in [0.15, 0.2) is 52.0 Å². The van der Waals surface area contributed by atoms with Crippen molar-refractivity contribution in [2.24, 2.45) is 5.10 Å². The Labute approximate surface area is 196 Å². The molecule has 32 heavy (non-hydrogen) atoms. The number of methoxy groups -OCH3 is 1. The minimum absolute atomic E-state index is 0.0874. The molecule has 3 rings (SSSR count). The zero-order valence-electron chi connectivity index (χ0n) is 18.9. The Kier molecular flexibility index (Phi) is 7.69. The predicted octanol–water partition coefficient (Wildman–Crippen LogP) is 4.70. The molecule has 0 spiro atoms. The van der Waals surface area contributed by atoms with Crippen molar-refractivity contribution in [1.29, 1.82) is 0 Å². The summed E-state index contributed by atoms with van der Waals surface area (Å²) in [5.74, 6) is 0.989. The fraction of sp³-hybridized carbons (Fsp3) is 0.292. The maximum atomic E-state index is 12.3. The van der Waals surface area contributed by atoms with E-state index in [1.807, 2.05) is 57.2 Å². The number of nitrogens with zero attached hydrogens (tertiary/aromatic N) is 3. The van der Waals surface area contributed by atoms with Gasteiger partial charge in [0.05, 0.1) is 28.7 Å². The van der Waals surface area contributed by atoms with Gasteiger partial charge in [-0.1, -0.05) is 24.3 Å². The number of carbonyl (C=O) groups excluding carboxylic acids is 1. The van der Waals surface area contributed by atoms with Gasteiger partial charge in [0, 0.05) is 5.56 Å². The normalized spacial score (nSPS) is 11.4. The maximum absolute atomic E-state index is 12.3. The monoisotopic (exact) mass is 498 g/mol. The molecule has 7 nitrogen and oxygen atoms in total. The Morgan fingerprint density at radius 1 is 1.16 bits per heavy atom. The lowest BCUT2D eigenvalue weighted by Gasteiger charge is -2.13. The van der Waals surface area contributed by atoms with Crippen molar-refractivity contribution in [3.05, 3.63) is 75.0 Å². The van der Waals surface area contributed by atoms with Crippen LogP contribution >= 0.6 is 15.9 Å². The first-order valence-corrected chi connectivity index (χ1v) is 11.0. The van der Waals surface area contributed by atoms with Gasteiger partial charge in [0.2, 0.25) is 0 Å². The summed E-state index contributed by atoms with van der Waals surface area (Å²) in [6.45, 7) is 8.21. The molecule has 2 aromatic carbocycles. The highest BCUT2D eigenvalue weighted by molar-refractivity contribution is 9.10. The number of aromatic nitrogens is 2. The van der Waals surface area contributed by atoms with E-state index in [0.29, 0.717) is 23.8 Å². The largest absolute Gasteiger partial charge is 0.493 e. The summed E-state index contributed by atoms with van der Waals surface area (Å²) in [4.78, 5) is 12.3. The molecule has 0 aliphatic rings. The number of amides is 1. The molecule has 0 bridgehead atoms. The van der Waals surface area contributed by atoms with Gasteiger partial charge in [-0.2, -0.15) is 10.2 Å². The molecule has 1 amide bonds. The summed E-state index contributed by atoms with van der Waals surface area (Å²) >= 11 is 3.47. The van der Waals surface area contributed by atoms with E-state index < -0.39 is 0 Å². The summed E-state index contributed by atoms with van der Waals surface area (Å²) < 4.78 is 14.0. The van der Waals surface area contributed by atoms with Crippen LogP contribution in [0.5, 0.6) is 11.5 Å². The molecule has 0 fully saturated rings. The molecular weight excluding hydrogens is 472 g/mol. The first-order chi connectivity index (χ1) is 15.3. The Morgan fingerprint density at radius 3 is 2.56 bits per heavy atom. The molecule has 168 valence electrons. The highest BCUT2D eigenvalue weighted by Gasteiger charge is 2.12. The fourth-order valence-corrected chi connectivity index (χ4v) is 3.43. The number of rotatable bonds is 8. The van der Waals surface area contributed by atoms with Gasteiger partial charge >= 0.3 is 0 Å². The van der Waals surface area contributed by atoms with E-state index in [2.05, 4.69) is 44.5 Å². The molecule has 0 aliphatic heterocycles. The molecule has 3 aromatic rings. The third-order valence-corrected chi connectivity index (χ3v) is 6.31. The number of halogens is 1. The lowest BCUT2D eigenvalue weighted by Crippen LogP contribution is -2.25. The van der Waals surface area contributed by atoms with Crippen molar-refractivity contribution in [1.82, 2.24) is 15.2 Å². The number of hydrogen-bond acceptors (Lipinski definition) is 5. The van der Waals surface area contributed by atoms with E-state index >= 15 is 0 Å². The van der Waals surface area contributed by atoms with Crippen LogP contribution in [-0.4, -0.2) is 28.5 Å². The molecule has 0 unspecified atom stereocenters. The predicted molar refractivity (Wildman–Crippen MR) is 128 cm³/mol. The number of carbonyl (C=O) groups is 1. The SMILES string of the molecule is COc1cc(C(C)=NNC(=O)Cn2nc(C)c(Br)c2C)ccc1OCc1ccccc1C. The molecule has 0 saturated carbocycles. The van der Waals surface area contributed by atoms with Gasteiger partial charge in [-0.05, 0) is 73.0 Å². The lowest BCUT2D eigenvalue weighted by atomic mass is 10.1. The Bertz CT molecular complexity index is 1150. The van der Waals surface area contributed by atoms with Crippen LogP contribution < -0.4 is 14.9 Å². The van der Waals surface area contributed by atoms with Gasteiger partial charge in [-0.15, -0.1) is 0 Å². The van der Waals surface area contributed by atoms with Gasteiger partial charge in [-0.25, -0.2) is 5.43 Å². The second kappa shape index (κ2) is 10.5. The Balaban J connectivity index is 1.66. The molecule has 0 saturated heterocycles. The van der Waals surface area contributed by atoms with E-state index in [4.69, 9.17) is 9.47 Å². The molecule has 1 heterocycles. The highest BCUT2D eigenvalue weighted by Crippen LogP contribution is 2.29. The number of aryl methyl sites for hydroxylation is 2. The molecule has 8 heteroatoms. The van der Waals surface area contributed by atoms with E-state index in [0.717, 1.165) is 27.0 Å². The third kappa shape index (κ3) is 5.56. The van der Waals surface area contributed by atoms with Crippen LogP contribution in [0.1, 0.15) is 35.0 Å². The lowest BCUT2D eigenvalue weighted by molar-refractivity contribution is -0.121. The van der Waals surface area contributed by atoms with Crippen LogP contribution in [0, 0.1) is 20.8 Å².